The summed E-state index contributed by atoms with van der Waals surface area (Å²) >= 11 is 0. The Labute approximate surface area is 133 Å². The van der Waals surface area contributed by atoms with Gasteiger partial charge in [0.1, 0.15) is 5.82 Å². The third-order valence-electron chi connectivity index (χ3n) is 4.41. The van der Waals surface area contributed by atoms with Crippen molar-refractivity contribution in [2.75, 3.05) is 51.6 Å². The Bertz CT molecular complexity index is 618. The van der Waals surface area contributed by atoms with Crippen LogP contribution in [0.2, 0.25) is 0 Å². The normalized spacial score (nSPS) is 17.0. The molecule has 0 unspecified atom stereocenters. The third-order valence-corrected chi connectivity index (χ3v) is 4.41. The van der Waals surface area contributed by atoms with Gasteiger partial charge in [0.15, 0.2) is 0 Å². The standard InChI is InChI=1S/C18H26N4/c1-15-14-16-6-3-4-7-17(16)18(20-15)19-8-5-9-22-12-10-21(2)11-13-22/h3-4,6-7,14H,5,8-13H2,1-2H3,(H,19,20). The van der Waals surface area contributed by atoms with Gasteiger partial charge >= 0.3 is 0 Å². The fourth-order valence-corrected chi connectivity index (χ4v) is 3.05. The molecule has 1 aliphatic heterocycles. The highest BCUT2D eigenvalue weighted by atomic mass is 15.2. The number of nitrogens with one attached hydrogen (secondary N) is 1. The number of hydrogen-bond donors (Lipinski definition) is 1. The van der Waals surface area contributed by atoms with Crippen LogP contribution in [0.1, 0.15) is 12.1 Å². The van der Waals surface area contributed by atoms with Crippen molar-refractivity contribution in [1.29, 1.82) is 0 Å². The van der Waals surface area contributed by atoms with Crippen molar-refractivity contribution in [2.24, 2.45) is 0 Å². The lowest BCUT2D eigenvalue weighted by molar-refractivity contribution is 0.154. The maximum absolute atomic E-state index is 4.66. The number of pyridine rings is 1. The zero-order chi connectivity index (χ0) is 15.4. The minimum Gasteiger partial charge on any atom is -0.370 e. The summed E-state index contributed by atoms with van der Waals surface area (Å²) in [6, 6.07) is 10.6. The lowest BCUT2D eigenvalue weighted by Crippen LogP contribution is -2.44. The molecule has 4 nitrogen and oxygen atoms in total. The van der Waals surface area contributed by atoms with Crippen LogP contribution in [0, 0.1) is 6.92 Å². The van der Waals surface area contributed by atoms with Gasteiger partial charge in [0.05, 0.1) is 0 Å². The smallest absolute Gasteiger partial charge is 0.134 e. The molecular weight excluding hydrogens is 272 g/mol. The second kappa shape index (κ2) is 7.07. The lowest BCUT2D eigenvalue weighted by Gasteiger charge is -2.32. The van der Waals surface area contributed by atoms with Gasteiger partial charge in [-0.2, -0.15) is 0 Å². The van der Waals surface area contributed by atoms with E-state index in [1.54, 1.807) is 0 Å². The van der Waals surface area contributed by atoms with Crippen LogP contribution < -0.4 is 5.32 Å². The van der Waals surface area contributed by atoms with E-state index in [1.165, 1.54) is 43.5 Å². The molecule has 1 aliphatic rings. The van der Waals surface area contributed by atoms with Gasteiger partial charge in [-0.05, 0) is 38.4 Å². The second-order valence-electron chi connectivity index (χ2n) is 6.26. The summed E-state index contributed by atoms with van der Waals surface area (Å²) in [6.45, 7) is 8.98. The maximum Gasteiger partial charge on any atom is 0.134 e. The first-order valence-corrected chi connectivity index (χ1v) is 8.23. The quantitative estimate of drug-likeness (QED) is 0.860. The van der Waals surface area contributed by atoms with E-state index in [-0.39, 0.29) is 0 Å². The molecule has 0 spiro atoms. The number of benzene rings is 1. The van der Waals surface area contributed by atoms with Gasteiger partial charge in [-0.15, -0.1) is 0 Å². The molecule has 0 aliphatic carbocycles. The molecule has 0 radical (unpaired) electrons. The van der Waals surface area contributed by atoms with Crippen LogP contribution in [0.5, 0.6) is 0 Å². The van der Waals surface area contributed by atoms with Crippen LogP contribution in [0.15, 0.2) is 30.3 Å². The van der Waals surface area contributed by atoms with Crippen LogP contribution in [-0.4, -0.2) is 61.1 Å². The fraction of sp³-hybridized carbons (Fsp3) is 0.500. The lowest BCUT2D eigenvalue weighted by atomic mass is 10.1. The number of anilines is 1. The van der Waals surface area contributed by atoms with Gasteiger partial charge in [0, 0.05) is 43.8 Å². The summed E-state index contributed by atoms with van der Waals surface area (Å²) in [7, 11) is 2.20. The molecule has 1 fully saturated rings. The molecule has 0 saturated carbocycles. The highest BCUT2D eigenvalue weighted by Crippen LogP contribution is 2.22. The Morgan fingerprint density at radius 1 is 1.14 bits per heavy atom. The Balaban J connectivity index is 1.53. The number of likely N-dealkylation sites (N-methyl/N-ethyl adjacent to an activating group) is 1. The van der Waals surface area contributed by atoms with E-state index < -0.39 is 0 Å². The van der Waals surface area contributed by atoms with Gasteiger partial charge in [-0.25, -0.2) is 4.98 Å². The molecule has 1 N–H and O–H groups in total. The van der Waals surface area contributed by atoms with E-state index in [1.807, 2.05) is 0 Å². The number of hydrogen-bond acceptors (Lipinski definition) is 4. The zero-order valence-electron chi connectivity index (χ0n) is 13.7. The number of aromatic nitrogens is 1. The molecule has 4 heteroatoms. The number of aryl methyl sites for hydroxylation is 1. The van der Waals surface area contributed by atoms with Crippen LogP contribution >= 0.6 is 0 Å². The first-order chi connectivity index (χ1) is 10.7. The van der Waals surface area contributed by atoms with E-state index >= 15 is 0 Å². The summed E-state index contributed by atoms with van der Waals surface area (Å²) in [4.78, 5) is 9.62. The number of fused-ring (bicyclic) bond motifs is 1. The Morgan fingerprint density at radius 2 is 1.91 bits per heavy atom. The first-order valence-electron chi connectivity index (χ1n) is 8.23. The average molecular weight is 298 g/mol. The number of piperazine rings is 1. The average Bonchev–Trinajstić information content (AvgIpc) is 2.53. The molecule has 3 rings (SSSR count). The van der Waals surface area contributed by atoms with E-state index in [4.69, 9.17) is 0 Å². The van der Waals surface area contributed by atoms with Gasteiger partial charge < -0.3 is 15.1 Å². The van der Waals surface area contributed by atoms with Crippen molar-refractivity contribution in [3.05, 3.63) is 36.0 Å². The van der Waals surface area contributed by atoms with Gasteiger partial charge in [-0.1, -0.05) is 24.3 Å². The van der Waals surface area contributed by atoms with Gasteiger partial charge in [-0.3, -0.25) is 0 Å². The van der Waals surface area contributed by atoms with Crippen molar-refractivity contribution in [3.63, 3.8) is 0 Å². The van der Waals surface area contributed by atoms with E-state index in [0.29, 0.717) is 0 Å². The maximum atomic E-state index is 4.66. The Morgan fingerprint density at radius 3 is 2.73 bits per heavy atom. The monoisotopic (exact) mass is 298 g/mol. The summed E-state index contributed by atoms with van der Waals surface area (Å²) in [6.07, 6.45) is 1.16. The summed E-state index contributed by atoms with van der Waals surface area (Å²) in [5.74, 6) is 1.02. The molecule has 118 valence electrons. The van der Waals surface area contributed by atoms with E-state index in [2.05, 4.69) is 64.4 Å². The predicted octanol–water partition coefficient (Wildman–Crippen LogP) is 2.59. The van der Waals surface area contributed by atoms with Crippen molar-refractivity contribution in [1.82, 2.24) is 14.8 Å². The van der Waals surface area contributed by atoms with Crippen LogP contribution in [-0.2, 0) is 0 Å². The summed E-state index contributed by atoms with van der Waals surface area (Å²) < 4.78 is 0. The van der Waals surface area contributed by atoms with Crippen molar-refractivity contribution >= 4 is 16.6 Å². The van der Waals surface area contributed by atoms with E-state index in [9.17, 15) is 0 Å². The molecule has 2 aromatic rings. The molecule has 0 amide bonds. The molecule has 2 heterocycles. The molecule has 1 aromatic carbocycles. The second-order valence-corrected chi connectivity index (χ2v) is 6.26. The fourth-order valence-electron chi connectivity index (χ4n) is 3.05. The molecule has 0 atom stereocenters. The first kappa shape index (κ1) is 15.3. The minimum atomic E-state index is 0.979. The predicted molar refractivity (Wildman–Crippen MR) is 93.5 cm³/mol. The molecule has 1 saturated heterocycles. The Kier molecular flexibility index (Phi) is 4.90. The summed E-state index contributed by atoms with van der Waals surface area (Å²) in [5, 5.41) is 6.00. The Hall–Kier alpha value is -1.65. The van der Waals surface area contributed by atoms with Gasteiger partial charge in [0.2, 0.25) is 0 Å². The van der Waals surface area contributed by atoms with Crippen molar-refractivity contribution in [2.45, 2.75) is 13.3 Å². The SMILES string of the molecule is Cc1cc2ccccc2c(NCCCN2CCN(C)CC2)n1. The minimum absolute atomic E-state index is 0.979. The molecule has 0 bridgehead atoms. The summed E-state index contributed by atoms with van der Waals surface area (Å²) in [5.41, 5.74) is 1.07. The van der Waals surface area contributed by atoms with Crippen LogP contribution in [0.4, 0.5) is 5.82 Å². The number of rotatable bonds is 5. The highest BCUT2D eigenvalue weighted by molar-refractivity contribution is 5.92. The zero-order valence-corrected chi connectivity index (χ0v) is 13.7. The largest absolute Gasteiger partial charge is 0.370 e. The third kappa shape index (κ3) is 3.76. The topological polar surface area (TPSA) is 31.4 Å². The molecular formula is C18H26N4. The van der Waals surface area contributed by atoms with Crippen LogP contribution in [0.25, 0.3) is 10.8 Å². The van der Waals surface area contributed by atoms with Gasteiger partial charge in [0.25, 0.3) is 0 Å². The molecule has 1 aromatic heterocycles. The number of nitrogens with zero attached hydrogens (tertiary/aromatic N) is 3. The molecule has 22 heavy (non-hydrogen) atoms. The van der Waals surface area contributed by atoms with Crippen LogP contribution in [0.3, 0.4) is 0 Å². The van der Waals surface area contributed by atoms with Crippen molar-refractivity contribution < 1.29 is 0 Å². The van der Waals surface area contributed by atoms with Crippen molar-refractivity contribution in [3.8, 4) is 0 Å². The highest BCUT2D eigenvalue weighted by Gasteiger charge is 2.12. The van der Waals surface area contributed by atoms with E-state index in [0.717, 1.165) is 24.5 Å².